The van der Waals surface area contributed by atoms with E-state index in [1.54, 1.807) is 19.9 Å². The first kappa shape index (κ1) is 18.8. The van der Waals surface area contributed by atoms with Gasteiger partial charge in [0.1, 0.15) is 16.2 Å². The maximum Gasteiger partial charge on any atom is 0.345 e. The lowest BCUT2D eigenvalue weighted by Crippen LogP contribution is -2.17. The summed E-state index contributed by atoms with van der Waals surface area (Å²) in [4.78, 5) is 11.9. The summed E-state index contributed by atoms with van der Waals surface area (Å²) < 4.78 is 42.8. The Morgan fingerprint density at radius 2 is 1.88 bits per heavy atom. The van der Waals surface area contributed by atoms with Crippen LogP contribution in [-0.4, -0.2) is 33.3 Å². The van der Waals surface area contributed by atoms with Crippen molar-refractivity contribution < 1.29 is 27.2 Å². The van der Waals surface area contributed by atoms with Crippen LogP contribution in [0.1, 0.15) is 34.1 Å². The first-order valence-corrected chi connectivity index (χ1v) is 9.01. The third-order valence-corrected chi connectivity index (χ3v) is 4.99. The summed E-state index contributed by atoms with van der Waals surface area (Å²) >= 11 is 0. The lowest BCUT2D eigenvalue weighted by atomic mass is 10.1. The molecule has 0 radical (unpaired) electrons. The van der Waals surface area contributed by atoms with E-state index in [2.05, 4.69) is 9.88 Å². The van der Waals surface area contributed by atoms with Crippen LogP contribution >= 0.6 is 0 Å². The second-order valence-electron chi connectivity index (χ2n) is 5.39. The van der Waals surface area contributed by atoms with Gasteiger partial charge in [-0.25, -0.2) is 17.9 Å². The topological polar surface area (TPSA) is 108 Å². The number of aromatic nitrogens is 1. The molecule has 9 heteroatoms. The molecule has 1 N–H and O–H groups in total. The third-order valence-electron chi connectivity index (χ3n) is 3.64. The Morgan fingerprint density at radius 1 is 1.24 bits per heavy atom. The highest BCUT2D eigenvalue weighted by atomic mass is 32.2. The number of ether oxygens (including phenoxy) is 2. The van der Waals surface area contributed by atoms with Crippen LogP contribution in [0.25, 0.3) is 0 Å². The Morgan fingerprint density at radius 3 is 2.48 bits per heavy atom. The molecule has 0 fully saturated rings. The van der Waals surface area contributed by atoms with Crippen LogP contribution in [0, 0.1) is 20.8 Å². The zero-order valence-electron chi connectivity index (χ0n) is 14.7. The molecule has 0 aliphatic carbocycles. The number of hydrogen-bond acceptors (Lipinski definition) is 7. The van der Waals surface area contributed by atoms with Crippen molar-refractivity contribution in [2.24, 2.45) is 0 Å². The van der Waals surface area contributed by atoms with Crippen LogP contribution in [-0.2, 0) is 14.8 Å². The number of rotatable bonds is 6. The van der Waals surface area contributed by atoms with Crippen LogP contribution in [0.3, 0.4) is 0 Å². The fraction of sp³-hybridized carbons (Fsp3) is 0.375. The molecule has 25 heavy (non-hydrogen) atoms. The van der Waals surface area contributed by atoms with Crippen LogP contribution in [0.2, 0.25) is 0 Å². The van der Waals surface area contributed by atoms with Gasteiger partial charge in [0.25, 0.3) is 15.9 Å². The minimum absolute atomic E-state index is 0.0618. The Bertz CT molecular complexity index is 902. The predicted molar refractivity (Wildman–Crippen MR) is 90.5 cm³/mol. The average molecular weight is 368 g/mol. The molecule has 0 unspecified atom stereocenters. The van der Waals surface area contributed by atoms with Gasteiger partial charge in [-0.2, -0.15) is 0 Å². The van der Waals surface area contributed by atoms with E-state index in [0.29, 0.717) is 0 Å². The molecular weight excluding hydrogens is 348 g/mol. The summed E-state index contributed by atoms with van der Waals surface area (Å²) in [5.41, 5.74) is 1.83. The fourth-order valence-corrected chi connectivity index (χ4v) is 3.43. The average Bonchev–Trinajstić information content (AvgIpc) is 2.89. The Hall–Kier alpha value is -2.55. The van der Waals surface area contributed by atoms with E-state index in [4.69, 9.17) is 14.0 Å². The Balaban J connectivity index is 2.48. The van der Waals surface area contributed by atoms with Crippen molar-refractivity contribution >= 4 is 21.9 Å². The number of nitrogens with one attached hydrogen (secondary N) is 1. The van der Waals surface area contributed by atoms with Crippen LogP contribution in [0.4, 0.5) is 5.88 Å². The van der Waals surface area contributed by atoms with Gasteiger partial charge in [0.05, 0.1) is 19.4 Å². The van der Waals surface area contributed by atoms with Crippen LogP contribution in [0.15, 0.2) is 21.6 Å². The van der Waals surface area contributed by atoms with Gasteiger partial charge in [-0.15, -0.1) is 0 Å². The summed E-state index contributed by atoms with van der Waals surface area (Å²) in [6.07, 6.45) is 0. The molecule has 8 nitrogen and oxygen atoms in total. The monoisotopic (exact) mass is 368 g/mol. The summed E-state index contributed by atoms with van der Waals surface area (Å²) in [6.45, 7) is 6.94. The Labute approximate surface area is 146 Å². The fourth-order valence-electron chi connectivity index (χ4n) is 2.19. The molecule has 0 bridgehead atoms. The van der Waals surface area contributed by atoms with Gasteiger partial charge in [0, 0.05) is 0 Å². The maximum absolute atomic E-state index is 12.8. The summed E-state index contributed by atoms with van der Waals surface area (Å²) in [7, 11) is -2.69. The normalized spacial score (nSPS) is 11.2. The van der Waals surface area contributed by atoms with E-state index in [1.165, 1.54) is 20.1 Å². The van der Waals surface area contributed by atoms with Crippen LogP contribution in [0.5, 0.6) is 5.75 Å². The number of benzene rings is 1. The van der Waals surface area contributed by atoms with Gasteiger partial charge >= 0.3 is 5.97 Å². The van der Waals surface area contributed by atoms with Crippen molar-refractivity contribution in [1.82, 2.24) is 5.16 Å². The first-order chi connectivity index (χ1) is 11.7. The molecule has 2 aromatic rings. The van der Waals surface area contributed by atoms with Crippen molar-refractivity contribution in [3.63, 3.8) is 0 Å². The lowest BCUT2D eigenvalue weighted by molar-refractivity contribution is 0.0526. The van der Waals surface area contributed by atoms with Gasteiger partial charge < -0.3 is 14.0 Å². The Kier molecular flexibility index (Phi) is 5.36. The number of methoxy groups -OCH3 is 1. The number of hydrogen-bond donors (Lipinski definition) is 1. The number of nitrogens with zero attached hydrogens (tertiary/aromatic N) is 1. The number of esters is 1. The first-order valence-electron chi connectivity index (χ1n) is 7.52. The van der Waals surface area contributed by atoms with Crippen molar-refractivity contribution in [2.75, 3.05) is 18.4 Å². The summed E-state index contributed by atoms with van der Waals surface area (Å²) in [5.74, 6) is -0.827. The number of carbonyl (C=O) groups excluding carboxylic acids is 1. The van der Waals surface area contributed by atoms with Gasteiger partial charge in [-0.05, 0) is 51.0 Å². The van der Waals surface area contributed by atoms with Crippen molar-refractivity contribution in [3.05, 3.63) is 34.5 Å². The molecular formula is C16H20N2O6S. The standard InChI is InChI=1S/C16H20N2O6S/c1-6-23-16(19)14-11(4)17-24-15(14)18-25(20,21)13-8-10(3)9(2)7-12(13)22-5/h7-8,18H,6H2,1-5H3. The minimum Gasteiger partial charge on any atom is -0.495 e. The highest BCUT2D eigenvalue weighted by Crippen LogP contribution is 2.30. The van der Waals surface area contributed by atoms with Gasteiger partial charge in [0.2, 0.25) is 0 Å². The quantitative estimate of drug-likeness (QED) is 0.781. The highest BCUT2D eigenvalue weighted by Gasteiger charge is 2.28. The second-order valence-corrected chi connectivity index (χ2v) is 7.04. The minimum atomic E-state index is -4.07. The van der Waals surface area contributed by atoms with Crippen molar-refractivity contribution in [1.29, 1.82) is 0 Å². The number of anilines is 1. The van der Waals surface area contributed by atoms with E-state index in [1.807, 2.05) is 6.92 Å². The molecule has 1 aromatic carbocycles. The summed E-state index contributed by atoms with van der Waals surface area (Å²) in [6, 6.07) is 3.12. The van der Waals surface area contributed by atoms with Crippen molar-refractivity contribution in [3.8, 4) is 5.75 Å². The van der Waals surface area contributed by atoms with Crippen molar-refractivity contribution in [2.45, 2.75) is 32.6 Å². The second kappa shape index (κ2) is 7.14. The zero-order valence-corrected chi connectivity index (χ0v) is 15.5. The van der Waals surface area contributed by atoms with E-state index in [9.17, 15) is 13.2 Å². The van der Waals surface area contributed by atoms with Gasteiger partial charge in [-0.1, -0.05) is 5.16 Å². The number of sulfonamides is 1. The molecule has 2 rings (SSSR count). The number of aryl methyl sites for hydroxylation is 3. The van der Waals surface area contributed by atoms with E-state index < -0.39 is 16.0 Å². The zero-order chi connectivity index (χ0) is 18.8. The molecule has 0 amide bonds. The highest BCUT2D eigenvalue weighted by molar-refractivity contribution is 7.92. The molecule has 0 aliphatic heterocycles. The molecule has 1 heterocycles. The lowest BCUT2D eigenvalue weighted by Gasteiger charge is -2.13. The molecule has 136 valence electrons. The van der Waals surface area contributed by atoms with Gasteiger partial charge in [0.15, 0.2) is 0 Å². The largest absolute Gasteiger partial charge is 0.495 e. The smallest absolute Gasteiger partial charge is 0.345 e. The summed E-state index contributed by atoms with van der Waals surface area (Å²) in [5, 5.41) is 3.64. The molecule has 0 saturated heterocycles. The third kappa shape index (κ3) is 3.76. The van der Waals surface area contributed by atoms with E-state index in [-0.39, 0.29) is 34.4 Å². The van der Waals surface area contributed by atoms with Gasteiger partial charge in [-0.3, -0.25) is 0 Å². The van der Waals surface area contributed by atoms with E-state index >= 15 is 0 Å². The number of carbonyl (C=O) groups is 1. The molecule has 0 spiro atoms. The maximum atomic E-state index is 12.8. The molecule has 1 aromatic heterocycles. The SMILES string of the molecule is CCOC(=O)c1c(C)noc1NS(=O)(=O)c1cc(C)c(C)cc1OC. The predicted octanol–water partition coefficient (Wildman–Crippen LogP) is 2.59. The van der Waals surface area contributed by atoms with E-state index in [0.717, 1.165) is 11.1 Å². The molecule has 0 atom stereocenters. The van der Waals surface area contributed by atoms with Crippen LogP contribution < -0.4 is 9.46 Å². The molecule has 0 aliphatic rings. The molecule has 0 saturated carbocycles.